The van der Waals surface area contributed by atoms with Crippen LogP contribution in [0.15, 0.2) is 0 Å². The standard InChI is InChI=1S/C19H43N3O2/c1-5-7-8-11-18(23)16-21(3)14-9-10-15-22(4)17-19(24)12-13-20-6-2/h18-20,23-24H,5-17H2,1-4H3/t18-,19-/m0/s1. The van der Waals surface area contributed by atoms with E-state index in [0.29, 0.717) is 0 Å². The summed E-state index contributed by atoms with van der Waals surface area (Å²) >= 11 is 0. The highest BCUT2D eigenvalue weighted by Crippen LogP contribution is 2.05. The van der Waals surface area contributed by atoms with E-state index >= 15 is 0 Å². The maximum Gasteiger partial charge on any atom is 0.0679 e. The van der Waals surface area contributed by atoms with E-state index < -0.39 is 0 Å². The molecule has 0 spiro atoms. The molecule has 146 valence electrons. The summed E-state index contributed by atoms with van der Waals surface area (Å²) in [5, 5.41) is 23.2. The Hall–Kier alpha value is -0.200. The van der Waals surface area contributed by atoms with Crippen molar-refractivity contribution in [1.82, 2.24) is 15.1 Å². The predicted molar refractivity (Wildman–Crippen MR) is 104 cm³/mol. The number of nitrogens with zero attached hydrogens (tertiary/aromatic N) is 2. The van der Waals surface area contributed by atoms with Gasteiger partial charge < -0.3 is 25.3 Å². The van der Waals surface area contributed by atoms with Crippen LogP contribution in [0.2, 0.25) is 0 Å². The fourth-order valence-electron chi connectivity index (χ4n) is 2.92. The zero-order chi connectivity index (χ0) is 18.2. The Bertz CT molecular complexity index is 241. The summed E-state index contributed by atoms with van der Waals surface area (Å²) in [6.45, 7) is 9.70. The second-order valence-corrected chi connectivity index (χ2v) is 7.18. The summed E-state index contributed by atoms with van der Waals surface area (Å²) in [5.41, 5.74) is 0. The Morgan fingerprint density at radius 1 is 0.792 bits per heavy atom. The minimum atomic E-state index is -0.241. The van der Waals surface area contributed by atoms with Crippen LogP contribution >= 0.6 is 0 Å². The van der Waals surface area contributed by atoms with Crippen LogP contribution in [0.25, 0.3) is 0 Å². The van der Waals surface area contributed by atoms with E-state index in [4.69, 9.17) is 0 Å². The molecule has 0 amide bonds. The summed E-state index contributed by atoms with van der Waals surface area (Å²) < 4.78 is 0. The predicted octanol–water partition coefficient (Wildman–Crippen LogP) is 1.93. The number of nitrogens with one attached hydrogen (secondary N) is 1. The number of hydrogen-bond acceptors (Lipinski definition) is 5. The van der Waals surface area contributed by atoms with Crippen molar-refractivity contribution in [2.45, 2.75) is 71.0 Å². The molecule has 3 N–H and O–H groups in total. The third kappa shape index (κ3) is 15.3. The van der Waals surface area contributed by atoms with E-state index in [1.807, 2.05) is 0 Å². The lowest BCUT2D eigenvalue weighted by Gasteiger charge is -2.22. The Kier molecular flexibility index (Phi) is 16.1. The van der Waals surface area contributed by atoms with Gasteiger partial charge in [-0.15, -0.1) is 0 Å². The summed E-state index contributed by atoms with van der Waals surface area (Å²) in [6, 6.07) is 0. The van der Waals surface area contributed by atoms with Gasteiger partial charge in [0.05, 0.1) is 12.2 Å². The van der Waals surface area contributed by atoms with Crippen molar-refractivity contribution < 1.29 is 10.2 Å². The zero-order valence-electron chi connectivity index (χ0n) is 16.6. The van der Waals surface area contributed by atoms with E-state index in [2.05, 4.69) is 43.1 Å². The molecule has 0 aromatic heterocycles. The first-order valence-corrected chi connectivity index (χ1v) is 9.93. The van der Waals surface area contributed by atoms with Crippen LogP contribution < -0.4 is 5.32 Å². The van der Waals surface area contributed by atoms with Gasteiger partial charge in [0.2, 0.25) is 0 Å². The van der Waals surface area contributed by atoms with Gasteiger partial charge in [0, 0.05) is 13.1 Å². The largest absolute Gasteiger partial charge is 0.392 e. The quantitative estimate of drug-likeness (QED) is 0.352. The van der Waals surface area contributed by atoms with Crippen molar-refractivity contribution in [3.63, 3.8) is 0 Å². The molecule has 0 rings (SSSR count). The highest BCUT2D eigenvalue weighted by Gasteiger charge is 2.09. The third-order valence-corrected chi connectivity index (χ3v) is 4.42. The van der Waals surface area contributed by atoms with Gasteiger partial charge in [0.15, 0.2) is 0 Å². The van der Waals surface area contributed by atoms with Gasteiger partial charge in [0.1, 0.15) is 0 Å². The van der Waals surface area contributed by atoms with Gasteiger partial charge in [-0.25, -0.2) is 0 Å². The summed E-state index contributed by atoms with van der Waals surface area (Å²) in [6.07, 6.45) is 7.14. The van der Waals surface area contributed by atoms with Crippen molar-refractivity contribution in [2.24, 2.45) is 0 Å². The van der Waals surface area contributed by atoms with Gasteiger partial charge >= 0.3 is 0 Å². The second-order valence-electron chi connectivity index (χ2n) is 7.18. The first kappa shape index (κ1) is 23.8. The number of aliphatic hydroxyl groups excluding tert-OH is 2. The fraction of sp³-hybridized carbons (Fsp3) is 1.00. The van der Waals surface area contributed by atoms with Crippen LogP contribution in [0.1, 0.15) is 58.8 Å². The Balaban J connectivity index is 3.58. The molecule has 0 aliphatic carbocycles. The van der Waals surface area contributed by atoms with Crippen molar-refractivity contribution in [3.05, 3.63) is 0 Å². The van der Waals surface area contributed by atoms with E-state index in [9.17, 15) is 10.2 Å². The molecule has 0 aromatic carbocycles. The lowest BCUT2D eigenvalue weighted by atomic mass is 10.1. The maximum atomic E-state index is 10.00. The highest BCUT2D eigenvalue weighted by molar-refractivity contribution is 4.65. The zero-order valence-corrected chi connectivity index (χ0v) is 16.6. The van der Waals surface area contributed by atoms with Crippen LogP contribution in [-0.4, -0.2) is 85.6 Å². The van der Waals surface area contributed by atoms with E-state index in [0.717, 1.165) is 71.4 Å². The lowest BCUT2D eigenvalue weighted by Crippen LogP contribution is -2.33. The maximum absolute atomic E-state index is 10.00. The molecule has 2 atom stereocenters. The van der Waals surface area contributed by atoms with Crippen LogP contribution in [0.4, 0.5) is 0 Å². The van der Waals surface area contributed by atoms with Gasteiger partial charge in [-0.2, -0.15) is 0 Å². The number of aliphatic hydroxyl groups is 2. The number of unbranched alkanes of at least 4 members (excludes halogenated alkanes) is 3. The van der Waals surface area contributed by atoms with Crippen molar-refractivity contribution in [1.29, 1.82) is 0 Å². The average Bonchev–Trinajstić information content (AvgIpc) is 2.52. The molecule has 0 unspecified atom stereocenters. The molecular weight excluding hydrogens is 302 g/mol. The third-order valence-electron chi connectivity index (χ3n) is 4.42. The molecule has 5 heteroatoms. The van der Waals surface area contributed by atoms with Crippen molar-refractivity contribution >= 4 is 0 Å². The van der Waals surface area contributed by atoms with Gasteiger partial charge in [-0.3, -0.25) is 0 Å². The molecule has 0 saturated carbocycles. The molecule has 24 heavy (non-hydrogen) atoms. The molecule has 0 aromatic rings. The molecular formula is C19H43N3O2. The Labute approximate surface area is 150 Å². The van der Waals surface area contributed by atoms with E-state index in [-0.39, 0.29) is 12.2 Å². The Morgan fingerprint density at radius 3 is 1.83 bits per heavy atom. The number of rotatable bonds is 17. The number of hydrogen-bond donors (Lipinski definition) is 3. The molecule has 0 saturated heterocycles. The van der Waals surface area contributed by atoms with Crippen LogP contribution in [-0.2, 0) is 0 Å². The SMILES string of the molecule is CCCCC[C@H](O)CN(C)CCCCN(C)C[C@@H](O)CCNCC. The fourth-order valence-corrected chi connectivity index (χ4v) is 2.92. The molecule has 0 aliphatic heterocycles. The second kappa shape index (κ2) is 16.3. The van der Waals surface area contributed by atoms with E-state index in [1.54, 1.807) is 0 Å². The molecule has 5 nitrogen and oxygen atoms in total. The minimum Gasteiger partial charge on any atom is -0.392 e. The summed E-state index contributed by atoms with van der Waals surface area (Å²) in [5.74, 6) is 0. The highest BCUT2D eigenvalue weighted by atomic mass is 16.3. The Morgan fingerprint density at radius 2 is 1.33 bits per heavy atom. The van der Waals surface area contributed by atoms with Crippen molar-refractivity contribution in [2.75, 3.05) is 53.4 Å². The van der Waals surface area contributed by atoms with Gasteiger partial charge in [-0.05, 0) is 66.0 Å². The summed E-state index contributed by atoms with van der Waals surface area (Å²) in [4.78, 5) is 4.46. The molecule has 0 bridgehead atoms. The van der Waals surface area contributed by atoms with Crippen LogP contribution in [0.3, 0.4) is 0 Å². The molecule has 0 fully saturated rings. The molecule has 0 radical (unpaired) electrons. The number of likely N-dealkylation sites (N-methyl/N-ethyl adjacent to an activating group) is 2. The minimum absolute atomic E-state index is 0.184. The van der Waals surface area contributed by atoms with Gasteiger partial charge in [-0.1, -0.05) is 33.1 Å². The smallest absolute Gasteiger partial charge is 0.0679 e. The van der Waals surface area contributed by atoms with Gasteiger partial charge in [0.25, 0.3) is 0 Å². The molecule has 0 aliphatic rings. The van der Waals surface area contributed by atoms with Crippen molar-refractivity contribution in [3.8, 4) is 0 Å². The average molecular weight is 346 g/mol. The van der Waals surface area contributed by atoms with E-state index in [1.165, 1.54) is 12.8 Å². The first-order valence-electron chi connectivity index (χ1n) is 9.93. The van der Waals surface area contributed by atoms with Crippen LogP contribution in [0, 0.1) is 0 Å². The van der Waals surface area contributed by atoms with Crippen LogP contribution in [0.5, 0.6) is 0 Å². The normalized spacial score (nSPS) is 14.5. The lowest BCUT2D eigenvalue weighted by molar-refractivity contribution is 0.109. The topological polar surface area (TPSA) is 59.0 Å². The first-order chi connectivity index (χ1) is 11.5. The molecule has 0 heterocycles. The monoisotopic (exact) mass is 345 g/mol. The summed E-state index contributed by atoms with van der Waals surface area (Å²) in [7, 11) is 4.18.